The topological polar surface area (TPSA) is 46.3 Å². The van der Waals surface area contributed by atoms with Crippen molar-refractivity contribution in [3.05, 3.63) is 29.3 Å². The lowest BCUT2D eigenvalue weighted by molar-refractivity contribution is -0.122. The Bertz CT molecular complexity index is 483. The number of hydrogen-bond donors (Lipinski definition) is 1. The van der Waals surface area contributed by atoms with Gasteiger partial charge in [0.15, 0.2) is 0 Å². The third kappa shape index (κ3) is 1.74. The van der Waals surface area contributed by atoms with Gasteiger partial charge in [-0.1, -0.05) is 18.6 Å². The Morgan fingerprint density at radius 1 is 1.39 bits per heavy atom. The lowest BCUT2D eigenvalue weighted by Gasteiger charge is -2.23. The molecular formula is C15H20N2O. The number of nitrogens with two attached hydrogens (primary N) is 1. The molecule has 1 aliphatic heterocycles. The molecule has 0 radical (unpaired) electrons. The molecule has 1 aromatic rings. The summed E-state index contributed by atoms with van der Waals surface area (Å²) in [5.74, 6) is 0.279. The van der Waals surface area contributed by atoms with E-state index in [1.165, 1.54) is 11.1 Å². The quantitative estimate of drug-likeness (QED) is 0.821. The zero-order valence-electron chi connectivity index (χ0n) is 10.9. The lowest BCUT2D eigenvalue weighted by Crippen LogP contribution is -2.41. The first-order chi connectivity index (χ1) is 8.68. The SMILES string of the molecule is Cc1cccc2c1CCN2C(=O)[C@@H]1CCC[C@@H]1N. The first-order valence-corrected chi connectivity index (χ1v) is 6.84. The monoisotopic (exact) mass is 244 g/mol. The molecule has 2 aliphatic rings. The predicted molar refractivity (Wildman–Crippen MR) is 72.6 cm³/mol. The van der Waals surface area contributed by atoms with Gasteiger partial charge in [0.1, 0.15) is 0 Å². The fraction of sp³-hybridized carbons (Fsp3) is 0.533. The van der Waals surface area contributed by atoms with Crippen LogP contribution in [0.15, 0.2) is 18.2 Å². The van der Waals surface area contributed by atoms with Crippen LogP contribution in [-0.2, 0) is 11.2 Å². The van der Waals surface area contributed by atoms with Crippen molar-refractivity contribution in [2.45, 2.75) is 38.6 Å². The van der Waals surface area contributed by atoms with Gasteiger partial charge < -0.3 is 10.6 Å². The highest BCUT2D eigenvalue weighted by molar-refractivity contribution is 5.97. The van der Waals surface area contributed by atoms with E-state index < -0.39 is 0 Å². The molecule has 0 aromatic heterocycles. The minimum absolute atomic E-state index is 0.0384. The van der Waals surface area contributed by atoms with Crippen LogP contribution in [0.25, 0.3) is 0 Å². The van der Waals surface area contributed by atoms with Gasteiger partial charge in [0.2, 0.25) is 5.91 Å². The number of carbonyl (C=O) groups is 1. The molecule has 0 unspecified atom stereocenters. The fourth-order valence-electron chi connectivity index (χ4n) is 3.33. The van der Waals surface area contributed by atoms with Gasteiger partial charge in [-0.3, -0.25) is 4.79 Å². The highest BCUT2D eigenvalue weighted by Crippen LogP contribution is 2.34. The van der Waals surface area contributed by atoms with Gasteiger partial charge in [-0.15, -0.1) is 0 Å². The molecule has 96 valence electrons. The van der Waals surface area contributed by atoms with Crippen molar-refractivity contribution < 1.29 is 4.79 Å². The number of aryl methyl sites for hydroxylation is 1. The average molecular weight is 244 g/mol. The van der Waals surface area contributed by atoms with Gasteiger partial charge in [0, 0.05) is 18.3 Å². The molecule has 2 atom stereocenters. The molecule has 2 N–H and O–H groups in total. The number of hydrogen-bond acceptors (Lipinski definition) is 2. The maximum atomic E-state index is 12.6. The summed E-state index contributed by atoms with van der Waals surface area (Å²) < 4.78 is 0. The number of amides is 1. The first kappa shape index (κ1) is 11.7. The van der Waals surface area contributed by atoms with Crippen molar-refractivity contribution in [3.8, 4) is 0 Å². The minimum atomic E-state index is 0.0384. The normalized spacial score (nSPS) is 26.4. The summed E-state index contributed by atoms with van der Waals surface area (Å²) in [6, 6.07) is 6.28. The molecule has 1 amide bonds. The van der Waals surface area contributed by atoms with Crippen LogP contribution in [0.3, 0.4) is 0 Å². The minimum Gasteiger partial charge on any atom is -0.327 e. The molecule has 0 saturated heterocycles. The van der Waals surface area contributed by atoms with E-state index in [0.717, 1.165) is 37.9 Å². The highest BCUT2D eigenvalue weighted by atomic mass is 16.2. The van der Waals surface area contributed by atoms with Gasteiger partial charge in [-0.25, -0.2) is 0 Å². The fourth-order valence-corrected chi connectivity index (χ4v) is 3.33. The molecule has 3 heteroatoms. The molecule has 3 nitrogen and oxygen atoms in total. The zero-order chi connectivity index (χ0) is 12.7. The average Bonchev–Trinajstić information content (AvgIpc) is 2.95. The Kier molecular flexibility index (Phi) is 2.86. The van der Waals surface area contributed by atoms with E-state index in [4.69, 9.17) is 5.73 Å². The summed E-state index contributed by atoms with van der Waals surface area (Å²) in [6.45, 7) is 2.94. The van der Waals surface area contributed by atoms with Crippen molar-refractivity contribution >= 4 is 11.6 Å². The van der Waals surface area contributed by atoms with Gasteiger partial charge in [0.05, 0.1) is 5.92 Å². The standard InChI is InChI=1S/C15H20N2O/c1-10-4-2-7-14-11(10)8-9-17(14)15(18)12-5-3-6-13(12)16/h2,4,7,12-13H,3,5-6,8-9,16H2,1H3/t12-,13+/m1/s1. The maximum absolute atomic E-state index is 12.6. The van der Waals surface area contributed by atoms with E-state index >= 15 is 0 Å². The second-order valence-electron chi connectivity index (χ2n) is 5.51. The smallest absolute Gasteiger partial charge is 0.231 e. The predicted octanol–water partition coefficient (Wildman–Crippen LogP) is 2.01. The van der Waals surface area contributed by atoms with E-state index in [0.29, 0.717) is 0 Å². The van der Waals surface area contributed by atoms with Crippen molar-refractivity contribution in [1.82, 2.24) is 0 Å². The van der Waals surface area contributed by atoms with Crippen LogP contribution in [0, 0.1) is 12.8 Å². The third-order valence-electron chi connectivity index (χ3n) is 4.41. The van der Waals surface area contributed by atoms with Gasteiger partial charge in [0.25, 0.3) is 0 Å². The van der Waals surface area contributed by atoms with E-state index in [1.807, 2.05) is 11.0 Å². The van der Waals surface area contributed by atoms with E-state index in [2.05, 4.69) is 19.1 Å². The van der Waals surface area contributed by atoms with Crippen molar-refractivity contribution in [2.24, 2.45) is 11.7 Å². The van der Waals surface area contributed by atoms with Gasteiger partial charge in [-0.2, -0.15) is 0 Å². The summed E-state index contributed by atoms with van der Waals surface area (Å²) >= 11 is 0. The lowest BCUT2D eigenvalue weighted by atomic mass is 10.0. The molecule has 1 aromatic carbocycles. The Morgan fingerprint density at radius 3 is 2.94 bits per heavy atom. The molecule has 0 bridgehead atoms. The van der Waals surface area contributed by atoms with E-state index in [1.54, 1.807) is 0 Å². The third-order valence-corrected chi connectivity index (χ3v) is 4.41. The van der Waals surface area contributed by atoms with E-state index in [-0.39, 0.29) is 17.9 Å². The Labute approximate surface area is 108 Å². The van der Waals surface area contributed by atoms with Crippen molar-refractivity contribution in [3.63, 3.8) is 0 Å². The maximum Gasteiger partial charge on any atom is 0.231 e. The molecule has 3 rings (SSSR count). The van der Waals surface area contributed by atoms with Gasteiger partial charge >= 0.3 is 0 Å². The van der Waals surface area contributed by atoms with Crippen molar-refractivity contribution in [2.75, 3.05) is 11.4 Å². The summed E-state index contributed by atoms with van der Waals surface area (Å²) in [5, 5.41) is 0. The Morgan fingerprint density at radius 2 is 2.22 bits per heavy atom. The van der Waals surface area contributed by atoms with Gasteiger partial charge in [-0.05, 0) is 43.4 Å². The van der Waals surface area contributed by atoms with Crippen molar-refractivity contribution in [1.29, 1.82) is 0 Å². The molecule has 1 aliphatic carbocycles. The summed E-state index contributed by atoms with van der Waals surface area (Å²) in [5.41, 5.74) is 9.78. The molecule has 1 saturated carbocycles. The summed E-state index contributed by atoms with van der Waals surface area (Å²) in [6.07, 6.45) is 4.02. The van der Waals surface area contributed by atoms with Crippen LogP contribution in [0.4, 0.5) is 5.69 Å². The van der Waals surface area contributed by atoms with Crippen LogP contribution in [0.5, 0.6) is 0 Å². The molecular weight excluding hydrogens is 224 g/mol. The second kappa shape index (κ2) is 4.39. The summed E-state index contributed by atoms with van der Waals surface area (Å²) in [4.78, 5) is 14.5. The largest absolute Gasteiger partial charge is 0.327 e. The van der Waals surface area contributed by atoms with Crippen LogP contribution < -0.4 is 10.6 Å². The number of rotatable bonds is 1. The molecule has 1 heterocycles. The highest BCUT2D eigenvalue weighted by Gasteiger charge is 2.36. The Hall–Kier alpha value is -1.35. The van der Waals surface area contributed by atoms with Crippen LogP contribution in [0.2, 0.25) is 0 Å². The number of nitrogens with zero attached hydrogens (tertiary/aromatic N) is 1. The number of anilines is 1. The van der Waals surface area contributed by atoms with Crippen LogP contribution >= 0.6 is 0 Å². The molecule has 18 heavy (non-hydrogen) atoms. The van der Waals surface area contributed by atoms with Crippen LogP contribution in [-0.4, -0.2) is 18.5 Å². The summed E-state index contributed by atoms with van der Waals surface area (Å²) in [7, 11) is 0. The van der Waals surface area contributed by atoms with E-state index in [9.17, 15) is 4.79 Å². The molecule has 1 fully saturated rings. The first-order valence-electron chi connectivity index (χ1n) is 6.84. The Balaban J connectivity index is 1.88. The number of benzene rings is 1. The zero-order valence-corrected chi connectivity index (χ0v) is 10.9. The molecule has 0 spiro atoms. The van der Waals surface area contributed by atoms with Crippen LogP contribution in [0.1, 0.15) is 30.4 Å². The second-order valence-corrected chi connectivity index (χ2v) is 5.51. The number of carbonyl (C=O) groups excluding carboxylic acids is 1. The number of fused-ring (bicyclic) bond motifs is 1.